The fourth-order valence-electron chi connectivity index (χ4n) is 1.55. The molecule has 0 aromatic carbocycles. The van der Waals surface area contributed by atoms with Crippen molar-refractivity contribution in [1.29, 1.82) is 0 Å². The molecule has 2 nitrogen and oxygen atoms in total. The fraction of sp³-hybridized carbons (Fsp3) is 0.417. The average molecular weight is 377 g/mol. The van der Waals surface area contributed by atoms with Crippen molar-refractivity contribution in [3.05, 3.63) is 19.2 Å². The normalized spacial score (nSPS) is 14.4. The van der Waals surface area contributed by atoms with Crippen LogP contribution in [-0.4, -0.2) is 23.9 Å². The van der Waals surface area contributed by atoms with Gasteiger partial charge in [-0.3, -0.25) is 4.79 Å². The van der Waals surface area contributed by atoms with E-state index in [1.165, 1.54) is 24.2 Å². The second kappa shape index (κ2) is 5.55. The number of amides is 1. The third-order valence-electron chi connectivity index (χ3n) is 2.60. The van der Waals surface area contributed by atoms with Crippen LogP contribution in [0.3, 0.4) is 0 Å². The third kappa shape index (κ3) is 3.34. The highest BCUT2D eigenvalue weighted by molar-refractivity contribution is 9.13. The highest BCUT2D eigenvalue weighted by Crippen LogP contribution is 2.34. The summed E-state index contributed by atoms with van der Waals surface area (Å²) in [6.45, 7) is 1.18. The van der Waals surface area contributed by atoms with E-state index >= 15 is 0 Å². The topological polar surface area (TPSA) is 20.3 Å². The lowest BCUT2D eigenvalue weighted by molar-refractivity contribution is 0.0774. The van der Waals surface area contributed by atoms with Gasteiger partial charge in [-0.1, -0.05) is 5.92 Å². The Hall–Kier alpha value is -0.310. The van der Waals surface area contributed by atoms with E-state index in [1.54, 1.807) is 4.90 Å². The molecule has 1 fully saturated rings. The van der Waals surface area contributed by atoms with Crippen LogP contribution in [-0.2, 0) is 0 Å². The van der Waals surface area contributed by atoms with E-state index in [1.807, 2.05) is 6.07 Å². The van der Waals surface area contributed by atoms with Crippen molar-refractivity contribution in [2.24, 2.45) is 5.92 Å². The molecule has 5 heteroatoms. The lowest BCUT2D eigenvalue weighted by Gasteiger charge is -2.18. The Morgan fingerprint density at radius 1 is 1.59 bits per heavy atom. The maximum absolute atomic E-state index is 12.3. The van der Waals surface area contributed by atoms with E-state index in [4.69, 9.17) is 6.42 Å². The van der Waals surface area contributed by atoms with Gasteiger partial charge in [0, 0.05) is 11.0 Å². The summed E-state index contributed by atoms with van der Waals surface area (Å²) in [5, 5.41) is 0. The van der Waals surface area contributed by atoms with E-state index in [-0.39, 0.29) is 5.91 Å². The van der Waals surface area contributed by atoms with E-state index in [2.05, 4.69) is 37.8 Å². The first-order chi connectivity index (χ1) is 8.11. The van der Waals surface area contributed by atoms with Gasteiger partial charge < -0.3 is 4.90 Å². The quantitative estimate of drug-likeness (QED) is 0.732. The van der Waals surface area contributed by atoms with Crippen molar-refractivity contribution in [1.82, 2.24) is 4.90 Å². The van der Waals surface area contributed by atoms with Gasteiger partial charge in [0.05, 0.1) is 15.2 Å². The second-order valence-corrected chi connectivity index (χ2v) is 7.29. The van der Waals surface area contributed by atoms with Crippen molar-refractivity contribution in [3.8, 4) is 12.3 Å². The molecule has 0 spiro atoms. The molecule has 0 atom stereocenters. The third-order valence-corrected chi connectivity index (χ3v) is 5.85. The summed E-state index contributed by atoms with van der Waals surface area (Å²) in [6, 6.07) is 1.84. The highest BCUT2D eigenvalue weighted by atomic mass is 79.9. The molecule has 1 aliphatic carbocycles. The van der Waals surface area contributed by atoms with Crippen LogP contribution in [0.4, 0.5) is 0 Å². The molecule has 1 aromatic heterocycles. The predicted octanol–water partition coefficient (Wildman–Crippen LogP) is 3.76. The molecule has 17 heavy (non-hydrogen) atoms. The van der Waals surface area contributed by atoms with Gasteiger partial charge in [-0.2, -0.15) is 0 Å². The molecule has 0 radical (unpaired) electrons. The number of hydrogen-bond acceptors (Lipinski definition) is 2. The molecule has 0 aliphatic heterocycles. The van der Waals surface area contributed by atoms with Crippen LogP contribution in [0.15, 0.2) is 14.3 Å². The highest BCUT2D eigenvalue weighted by Gasteiger charge is 2.27. The summed E-state index contributed by atoms with van der Waals surface area (Å²) in [5.74, 6) is 3.24. The Morgan fingerprint density at radius 2 is 2.29 bits per heavy atom. The van der Waals surface area contributed by atoms with Crippen LogP contribution in [0, 0.1) is 18.3 Å². The molecule has 0 saturated heterocycles. The minimum absolute atomic E-state index is 0.0336. The van der Waals surface area contributed by atoms with Crippen molar-refractivity contribution in [3.63, 3.8) is 0 Å². The molecule has 1 heterocycles. The molecule has 2 rings (SSSR count). The molecule has 0 unspecified atom stereocenters. The second-order valence-electron chi connectivity index (χ2n) is 4.07. The summed E-state index contributed by atoms with van der Waals surface area (Å²) in [5.41, 5.74) is 0. The maximum atomic E-state index is 12.3. The van der Waals surface area contributed by atoms with Gasteiger partial charge >= 0.3 is 0 Å². The largest absolute Gasteiger partial charge is 0.327 e. The summed E-state index contributed by atoms with van der Waals surface area (Å²) in [7, 11) is 0. The number of terminal acetylenes is 1. The van der Waals surface area contributed by atoms with Crippen LogP contribution in [0.1, 0.15) is 22.5 Å². The lowest BCUT2D eigenvalue weighted by atomic mass is 10.3. The number of rotatable bonds is 4. The first kappa shape index (κ1) is 13.1. The molecule has 90 valence electrons. The number of thiophene rings is 1. The van der Waals surface area contributed by atoms with Crippen LogP contribution < -0.4 is 0 Å². The van der Waals surface area contributed by atoms with Gasteiger partial charge in [-0.25, -0.2) is 0 Å². The molecule has 1 aliphatic rings. The maximum Gasteiger partial charge on any atom is 0.264 e. The zero-order valence-electron chi connectivity index (χ0n) is 9.08. The number of nitrogens with zero attached hydrogens (tertiary/aromatic N) is 1. The summed E-state index contributed by atoms with van der Waals surface area (Å²) >= 11 is 8.22. The van der Waals surface area contributed by atoms with Gasteiger partial charge in [0.25, 0.3) is 5.91 Å². The minimum atomic E-state index is 0.0336. The zero-order valence-corrected chi connectivity index (χ0v) is 13.1. The zero-order chi connectivity index (χ0) is 12.4. The molecule has 0 N–H and O–H groups in total. The van der Waals surface area contributed by atoms with Gasteiger partial charge in [0.15, 0.2) is 0 Å². The van der Waals surface area contributed by atoms with Gasteiger partial charge in [-0.05, 0) is 56.7 Å². The SMILES string of the molecule is C#CCN(CC1CC1)C(=O)c1cc(Br)c(Br)s1. The van der Waals surface area contributed by atoms with Gasteiger partial charge in [-0.15, -0.1) is 17.8 Å². The summed E-state index contributed by atoms with van der Waals surface area (Å²) in [6.07, 6.45) is 7.75. The molecule has 1 amide bonds. The van der Waals surface area contributed by atoms with Crippen molar-refractivity contribution < 1.29 is 4.79 Å². The predicted molar refractivity (Wildman–Crippen MR) is 77.2 cm³/mol. The fourth-order valence-corrected chi connectivity index (χ4v) is 3.55. The van der Waals surface area contributed by atoms with E-state index in [0.29, 0.717) is 12.5 Å². The standard InChI is InChI=1S/C12H11Br2NOS/c1-2-5-15(7-8-3-4-8)12(16)10-6-9(13)11(14)17-10/h1,6,8H,3-5,7H2. The smallest absolute Gasteiger partial charge is 0.264 e. The Morgan fingerprint density at radius 3 is 2.76 bits per heavy atom. The summed E-state index contributed by atoms with van der Waals surface area (Å²) in [4.78, 5) is 14.8. The number of carbonyl (C=O) groups excluding carboxylic acids is 1. The molecule has 1 saturated carbocycles. The Bertz CT molecular complexity index is 454. The molecular weight excluding hydrogens is 366 g/mol. The van der Waals surface area contributed by atoms with E-state index in [9.17, 15) is 4.79 Å². The van der Waals surface area contributed by atoms with Gasteiger partial charge in [0.1, 0.15) is 0 Å². The lowest BCUT2D eigenvalue weighted by Crippen LogP contribution is -2.32. The Labute approximate surface area is 122 Å². The minimum Gasteiger partial charge on any atom is -0.327 e. The molecular formula is C12H11Br2NOS. The monoisotopic (exact) mass is 375 g/mol. The first-order valence-electron chi connectivity index (χ1n) is 5.29. The van der Waals surface area contributed by atoms with E-state index in [0.717, 1.165) is 19.7 Å². The van der Waals surface area contributed by atoms with Crippen LogP contribution in [0.25, 0.3) is 0 Å². The summed E-state index contributed by atoms with van der Waals surface area (Å²) < 4.78 is 1.85. The Kier molecular flexibility index (Phi) is 4.29. The van der Waals surface area contributed by atoms with Crippen LogP contribution >= 0.6 is 43.2 Å². The average Bonchev–Trinajstić information content (AvgIpc) is 3.04. The van der Waals surface area contributed by atoms with Crippen LogP contribution in [0.2, 0.25) is 0 Å². The number of carbonyl (C=O) groups is 1. The van der Waals surface area contributed by atoms with E-state index < -0.39 is 0 Å². The van der Waals surface area contributed by atoms with Crippen molar-refractivity contribution in [2.75, 3.05) is 13.1 Å². The first-order valence-corrected chi connectivity index (χ1v) is 7.69. The molecule has 0 bridgehead atoms. The molecule has 1 aromatic rings. The van der Waals surface area contributed by atoms with Crippen molar-refractivity contribution >= 4 is 49.1 Å². The number of hydrogen-bond donors (Lipinski definition) is 0. The Balaban J connectivity index is 2.11. The van der Waals surface area contributed by atoms with Crippen molar-refractivity contribution in [2.45, 2.75) is 12.8 Å². The number of halogens is 2. The van der Waals surface area contributed by atoms with Crippen LogP contribution in [0.5, 0.6) is 0 Å². The van der Waals surface area contributed by atoms with Gasteiger partial charge in [0.2, 0.25) is 0 Å².